The Kier molecular flexibility index (Phi) is 14.9. The molecule has 0 radical (unpaired) electrons. The number of H-pyrrole nitrogens is 1. The number of amides is 2. The maximum absolute atomic E-state index is 12.6. The highest BCUT2D eigenvalue weighted by atomic mass is 16.5. The molecule has 0 spiro atoms. The van der Waals surface area contributed by atoms with Crippen LogP contribution in [-0.4, -0.2) is 102 Å². The monoisotopic (exact) mass is 619 g/mol. The first-order valence-corrected chi connectivity index (χ1v) is 15.6. The summed E-state index contributed by atoms with van der Waals surface area (Å²) in [6, 6.07) is -1.28. The van der Waals surface area contributed by atoms with E-state index >= 15 is 0 Å². The van der Waals surface area contributed by atoms with Gasteiger partial charge in [-0.05, 0) is 38.0 Å². The Labute approximate surface area is 258 Å². The molecule has 3 rings (SSSR count). The fourth-order valence-corrected chi connectivity index (χ4v) is 5.11. The molecule has 14 heteroatoms. The summed E-state index contributed by atoms with van der Waals surface area (Å²) in [5, 5.41) is 49.5. The molecule has 0 bridgehead atoms. The number of nitrogens with zero attached hydrogens (tertiary/aromatic N) is 3. The first-order chi connectivity index (χ1) is 21.2. The molecule has 1 aliphatic rings. The SMILES string of the molecule is CC(C)CCCC=CCCCCCCCC(=O)NCC(=O)NC1C(O)C(O)C(Nc2ncnc3nc[nH]c23)OC1C(O)CO. The standard InChI is InChI=1S/C30H49N7O7/c1-19(2)13-11-9-7-5-3-4-6-8-10-12-14-21(40)31-15-22(41)36-23-25(42)26(43)30(44-27(23)20(39)16-38)37-29-24-28(33-17-32-24)34-18-35-29/h5,7,17-20,23,25-27,30,38-39,42-43H,3-4,6,8-16H2,1-2H3,(H,31,40)(H,36,41)(H2,32,33,34,35,37). The second-order valence-corrected chi connectivity index (χ2v) is 11.7. The van der Waals surface area contributed by atoms with Gasteiger partial charge in [-0.3, -0.25) is 9.59 Å². The molecule has 2 amide bonds. The molecule has 44 heavy (non-hydrogen) atoms. The average molecular weight is 620 g/mol. The number of aliphatic hydroxyl groups excluding tert-OH is 4. The minimum atomic E-state index is -1.59. The Hall–Kier alpha value is -3.17. The Morgan fingerprint density at radius 1 is 1.00 bits per heavy atom. The highest BCUT2D eigenvalue weighted by Gasteiger charge is 2.48. The third kappa shape index (κ3) is 11.1. The van der Waals surface area contributed by atoms with E-state index in [2.05, 4.69) is 61.9 Å². The van der Waals surface area contributed by atoms with Crippen LogP contribution in [0, 0.1) is 5.92 Å². The van der Waals surface area contributed by atoms with Crippen molar-refractivity contribution in [3.05, 3.63) is 24.8 Å². The quantitative estimate of drug-likeness (QED) is 0.0828. The van der Waals surface area contributed by atoms with E-state index in [-0.39, 0.29) is 18.3 Å². The molecule has 0 aliphatic carbocycles. The molecular weight excluding hydrogens is 570 g/mol. The maximum Gasteiger partial charge on any atom is 0.239 e. The topological polar surface area (TPSA) is 215 Å². The number of hydrogen-bond acceptors (Lipinski definition) is 11. The number of ether oxygens (including phenoxy) is 1. The number of anilines is 1. The number of carbonyl (C=O) groups is 2. The van der Waals surface area contributed by atoms with E-state index in [0.29, 0.717) is 17.6 Å². The van der Waals surface area contributed by atoms with Crippen molar-refractivity contribution in [2.24, 2.45) is 5.92 Å². The number of hydrogen-bond donors (Lipinski definition) is 8. The molecule has 3 heterocycles. The highest BCUT2D eigenvalue weighted by Crippen LogP contribution is 2.26. The van der Waals surface area contributed by atoms with E-state index in [1.807, 2.05) is 0 Å². The van der Waals surface area contributed by atoms with Crippen molar-refractivity contribution in [3.63, 3.8) is 0 Å². The number of imidazole rings is 1. The van der Waals surface area contributed by atoms with Crippen molar-refractivity contribution in [3.8, 4) is 0 Å². The number of nitrogens with one attached hydrogen (secondary N) is 4. The van der Waals surface area contributed by atoms with E-state index in [0.717, 1.165) is 50.9 Å². The van der Waals surface area contributed by atoms with Gasteiger partial charge in [-0.15, -0.1) is 0 Å². The van der Waals surface area contributed by atoms with Gasteiger partial charge in [0.15, 0.2) is 17.7 Å². The molecule has 6 unspecified atom stereocenters. The molecule has 0 saturated carbocycles. The Morgan fingerprint density at radius 2 is 1.73 bits per heavy atom. The molecule has 246 valence electrons. The number of aromatic amines is 1. The molecule has 8 N–H and O–H groups in total. The van der Waals surface area contributed by atoms with E-state index < -0.39 is 49.2 Å². The molecule has 1 saturated heterocycles. The summed E-state index contributed by atoms with van der Waals surface area (Å²) in [6.45, 7) is 3.41. The fraction of sp³-hybridized carbons (Fsp3) is 0.700. The lowest BCUT2D eigenvalue weighted by Crippen LogP contribution is -2.68. The summed E-state index contributed by atoms with van der Waals surface area (Å²) in [5.41, 5.74) is 0.789. The van der Waals surface area contributed by atoms with Gasteiger partial charge in [-0.25, -0.2) is 15.0 Å². The van der Waals surface area contributed by atoms with Crippen LogP contribution in [0.1, 0.15) is 78.1 Å². The van der Waals surface area contributed by atoms with Gasteiger partial charge in [-0.2, -0.15) is 0 Å². The van der Waals surface area contributed by atoms with Crippen LogP contribution in [0.3, 0.4) is 0 Å². The van der Waals surface area contributed by atoms with Crippen LogP contribution >= 0.6 is 0 Å². The summed E-state index contributed by atoms with van der Waals surface area (Å²) >= 11 is 0. The van der Waals surface area contributed by atoms with Crippen molar-refractivity contribution in [1.82, 2.24) is 30.6 Å². The summed E-state index contributed by atoms with van der Waals surface area (Å²) in [7, 11) is 0. The Morgan fingerprint density at radius 3 is 2.48 bits per heavy atom. The first-order valence-electron chi connectivity index (χ1n) is 15.6. The van der Waals surface area contributed by atoms with Gasteiger partial charge in [0.1, 0.15) is 36.3 Å². The van der Waals surface area contributed by atoms with Crippen molar-refractivity contribution >= 4 is 28.8 Å². The summed E-state index contributed by atoms with van der Waals surface area (Å²) in [5.74, 6) is 0.0716. The fourth-order valence-electron chi connectivity index (χ4n) is 5.11. The van der Waals surface area contributed by atoms with Crippen LogP contribution in [-0.2, 0) is 14.3 Å². The largest absolute Gasteiger partial charge is 0.394 e. The van der Waals surface area contributed by atoms with E-state index in [9.17, 15) is 30.0 Å². The number of fused-ring (bicyclic) bond motifs is 1. The molecule has 0 aromatic carbocycles. The first kappa shape index (κ1) is 35.3. The number of aromatic nitrogens is 4. The second kappa shape index (κ2) is 18.6. The Bertz CT molecular complexity index is 1180. The number of rotatable bonds is 19. The molecule has 1 fully saturated rings. The van der Waals surface area contributed by atoms with Crippen molar-refractivity contribution in [2.75, 3.05) is 18.5 Å². The zero-order chi connectivity index (χ0) is 31.9. The predicted molar refractivity (Wildman–Crippen MR) is 164 cm³/mol. The highest BCUT2D eigenvalue weighted by molar-refractivity contribution is 5.85. The van der Waals surface area contributed by atoms with E-state index in [4.69, 9.17) is 4.74 Å². The second-order valence-electron chi connectivity index (χ2n) is 11.7. The van der Waals surface area contributed by atoms with Gasteiger partial charge in [0.05, 0.1) is 25.5 Å². The zero-order valence-corrected chi connectivity index (χ0v) is 25.7. The zero-order valence-electron chi connectivity index (χ0n) is 25.7. The summed E-state index contributed by atoms with van der Waals surface area (Å²) in [6.07, 6.45) is 9.97. The molecule has 6 atom stereocenters. The van der Waals surface area contributed by atoms with Crippen LogP contribution in [0.2, 0.25) is 0 Å². The number of allylic oxidation sites excluding steroid dienone is 2. The van der Waals surface area contributed by atoms with E-state index in [1.165, 1.54) is 25.5 Å². The number of unbranched alkanes of at least 4 members (excludes halogenated alkanes) is 6. The third-order valence-electron chi connectivity index (χ3n) is 7.62. The minimum absolute atomic E-state index is 0.228. The van der Waals surface area contributed by atoms with Gasteiger partial charge in [0.25, 0.3) is 0 Å². The van der Waals surface area contributed by atoms with Crippen molar-refractivity contribution in [1.29, 1.82) is 0 Å². The predicted octanol–water partition coefficient (Wildman–Crippen LogP) is 1.28. The maximum atomic E-state index is 12.6. The lowest BCUT2D eigenvalue weighted by Gasteiger charge is -2.44. The molecule has 2 aromatic heterocycles. The van der Waals surface area contributed by atoms with E-state index in [1.54, 1.807) is 0 Å². The van der Waals surface area contributed by atoms with Gasteiger partial charge in [0.2, 0.25) is 11.8 Å². The van der Waals surface area contributed by atoms with Crippen LogP contribution in [0.5, 0.6) is 0 Å². The van der Waals surface area contributed by atoms with Gasteiger partial charge < -0.3 is 46.1 Å². The number of carbonyl (C=O) groups excluding carboxylic acids is 2. The van der Waals surface area contributed by atoms with Crippen molar-refractivity contribution in [2.45, 2.75) is 115 Å². The molecule has 14 nitrogen and oxygen atoms in total. The van der Waals surface area contributed by atoms with Crippen molar-refractivity contribution < 1.29 is 34.8 Å². The van der Waals surface area contributed by atoms with Gasteiger partial charge in [0, 0.05) is 6.42 Å². The van der Waals surface area contributed by atoms with Gasteiger partial charge >= 0.3 is 0 Å². The third-order valence-corrected chi connectivity index (χ3v) is 7.62. The molecule has 2 aromatic rings. The lowest BCUT2D eigenvalue weighted by atomic mass is 9.92. The average Bonchev–Trinajstić information content (AvgIpc) is 3.50. The van der Waals surface area contributed by atoms with Crippen LogP contribution in [0.25, 0.3) is 11.2 Å². The molecule has 1 aliphatic heterocycles. The van der Waals surface area contributed by atoms with Gasteiger partial charge in [-0.1, -0.05) is 51.7 Å². The van der Waals surface area contributed by atoms with Crippen LogP contribution in [0.15, 0.2) is 24.8 Å². The molecular formula is C30H49N7O7. The smallest absolute Gasteiger partial charge is 0.239 e. The summed E-state index contributed by atoms with van der Waals surface area (Å²) in [4.78, 5) is 39.9. The Balaban J connectivity index is 1.37. The van der Waals surface area contributed by atoms with Crippen LogP contribution in [0.4, 0.5) is 5.82 Å². The number of aliphatic hydroxyl groups is 4. The minimum Gasteiger partial charge on any atom is -0.394 e. The normalized spacial score (nSPS) is 22.8. The lowest BCUT2D eigenvalue weighted by molar-refractivity contribution is -0.204. The summed E-state index contributed by atoms with van der Waals surface area (Å²) < 4.78 is 5.79. The van der Waals surface area contributed by atoms with Crippen LogP contribution < -0.4 is 16.0 Å².